The van der Waals surface area contributed by atoms with E-state index in [-0.39, 0.29) is 29.6 Å². The van der Waals surface area contributed by atoms with Gasteiger partial charge in [0.2, 0.25) is 0 Å². The van der Waals surface area contributed by atoms with E-state index in [4.69, 9.17) is 0 Å². The van der Waals surface area contributed by atoms with Crippen molar-refractivity contribution in [2.45, 2.75) is 0 Å². The first-order valence-corrected chi connectivity index (χ1v) is 3.31. The monoisotopic (exact) mass is 210 g/mol. The van der Waals surface area contributed by atoms with Crippen LogP contribution in [-0.2, 0) is 4.79 Å². The third-order valence-electron chi connectivity index (χ3n) is 0.472. The van der Waals surface area contributed by atoms with E-state index in [1.807, 2.05) is 0 Å². The number of halogens is 1. The molecule has 0 spiro atoms. The number of aliphatic carboxylic acids is 1. The average molecular weight is 211 g/mol. The number of alkyl halides is 1. The minimum absolute atomic E-state index is 0. The minimum atomic E-state index is -1.22. The Kier molecular flexibility index (Phi) is 11.9. The molecule has 0 unspecified atom stereocenters. The molecule has 0 rings (SSSR count). The van der Waals surface area contributed by atoms with Crippen LogP contribution in [-0.4, -0.2) is 11.3 Å². The second kappa shape index (κ2) is 9.25. The van der Waals surface area contributed by atoms with Crippen molar-refractivity contribution < 1.29 is 39.5 Å². The van der Waals surface area contributed by atoms with Gasteiger partial charge in [-0.2, -0.15) is 0 Å². The van der Waals surface area contributed by atoms with Crippen LogP contribution in [0.4, 0.5) is 0 Å². The number of carbonyl (C=O) groups excluding carboxylic acids is 1. The fourth-order valence-electron chi connectivity index (χ4n) is 0.207. The Balaban J connectivity index is 0. The maximum atomic E-state index is 9.69. The molecule has 0 atom stereocenters. The Morgan fingerprint density at radius 2 is 2.30 bits per heavy atom. The van der Waals surface area contributed by atoms with Gasteiger partial charge in [0.1, 0.15) is 0 Å². The number of carboxylic acid groups (broad SMARTS) is 1. The van der Waals surface area contributed by atoms with Crippen LogP contribution in [0, 0.1) is 11.8 Å². The van der Waals surface area contributed by atoms with Gasteiger partial charge in [0, 0.05) is 0 Å². The molecule has 0 aromatic rings. The zero-order valence-electron chi connectivity index (χ0n) is 5.56. The van der Waals surface area contributed by atoms with Gasteiger partial charge >= 0.3 is 29.6 Å². The van der Waals surface area contributed by atoms with Crippen LogP contribution in [0.3, 0.4) is 0 Å². The average Bonchev–Trinajstić information content (AvgIpc) is 1.80. The predicted molar refractivity (Wildman–Crippen MR) is 35.7 cm³/mol. The van der Waals surface area contributed by atoms with Gasteiger partial charge in [-0.3, -0.25) is 0 Å². The topological polar surface area (TPSA) is 40.1 Å². The minimum Gasteiger partial charge on any atom is -0.545 e. The molecule has 0 aliphatic rings. The van der Waals surface area contributed by atoms with E-state index in [1.165, 1.54) is 6.08 Å². The van der Waals surface area contributed by atoms with Crippen LogP contribution in [0.5, 0.6) is 0 Å². The zero-order valence-corrected chi connectivity index (χ0v) is 9.14. The Labute approximate surface area is 90.1 Å². The van der Waals surface area contributed by atoms with Gasteiger partial charge in [0.15, 0.2) is 0 Å². The third kappa shape index (κ3) is 11.1. The van der Waals surface area contributed by atoms with Crippen molar-refractivity contribution in [2.24, 2.45) is 0 Å². The summed E-state index contributed by atoms with van der Waals surface area (Å²) in [6.45, 7) is 0. The molecule has 48 valence electrons. The molecular formula is C6H4BrNaO2. The summed E-state index contributed by atoms with van der Waals surface area (Å²) in [5.74, 6) is 3.84. The van der Waals surface area contributed by atoms with Crippen molar-refractivity contribution in [1.82, 2.24) is 0 Å². The number of rotatable bonds is 1. The van der Waals surface area contributed by atoms with Gasteiger partial charge < -0.3 is 9.90 Å². The molecular weight excluding hydrogens is 207 g/mol. The molecule has 10 heavy (non-hydrogen) atoms. The second-order valence-corrected chi connectivity index (χ2v) is 1.67. The summed E-state index contributed by atoms with van der Waals surface area (Å²) in [6, 6.07) is 0. The summed E-state index contributed by atoms with van der Waals surface area (Å²) in [6.07, 6.45) is 2.12. The summed E-state index contributed by atoms with van der Waals surface area (Å²) >= 11 is 3.05. The van der Waals surface area contributed by atoms with Crippen molar-refractivity contribution >= 4 is 21.9 Å². The van der Waals surface area contributed by atoms with E-state index in [0.29, 0.717) is 5.33 Å². The fourth-order valence-corrected chi connectivity index (χ4v) is 0.369. The Hall–Kier alpha value is 0.250. The van der Waals surface area contributed by atoms with Gasteiger partial charge in [-0.15, -0.1) is 0 Å². The molecule has 0 saturated heterocycles. The molecule has 0 bridgehead atoms. The number of allylic oxidation sites excluding steroid dienone is 1. The molecule has 0 fully saturated rings. The van der Waals surface area contributed by atoms with Crippen LogP contribution in [0.15, 0.2) is 12.2 Å². The summed E-state index contributed by atoms with van der Waals surface area (Å²) in [7, 11) is 0. The first kappa shape index (κ1) is 12.9. The maximum Gasteiger partial charge on any atom is 1.00 e. The van der Waals surface area contributed by atoms with Crippen molar-refractivity contribution in [3.05, 3.63) is 12.2 Å². The van der Waals surface area contributed by atoms with Crippen molar-refractivity contribution in [2.75, 3.05) is 5.33 Å². The summed E-state index contributed by atoms with van der Waals surface area (Å²) in [5.41, 5.74) is 0. The quantitative estimate of drug-likeness (QED) is 0.197. The molecule has 2 nitrogen and oxygen atoms in total. The molecule has 0 saturated carbocycles. The first-order valence-electron chi connectivity index (χ1n) is 2.19. The third-order valence-corrected chi connectivity index (χ3v) is 0.752. The predicted octanol–water partition coefficient (Wildman–Crippen LogP) is -3.31. The van der Waals surface area contributed by atoms with E-state index >= 15 is 0 Å². The Bertz CT molecular complexity index is 178. The Morgan fingerprint density at radius 1 is 1.70 bits per heavy atom. The van der Waals surface area contributed by atoms with E-state index in [9.17, 15) is 9.90 Å². The molecule has 0 aliphatic heterocycles. The molecule has 0 aliphatic carbocycles. The number of carbonyl (C=O) groups is 1. The zero-order chi connectivity index (χ0) is 7.11. The fraction of sp³-hybridized carbons (Fsp3) is 0.167. The number of hydrogen-bond acceptors (Lipinski definition) is 2. The smallest absolute Gasteiger partial charge is 0.545 e. The van der Waals surface area contributed by atoms with Crippen LogP contribution in [0.2, 0.25) is 0 Å². The van der Waals surface area contributed by atoms with Gasteiger partial charge in [-0.25, -0.2) is 0 Å². The van der Waals surface area contributed by atoms with E-state index < -0.39 is 5.97 Å². The Morgan fingerprint density at radius 3 is 2.70 bits per heavy atom. The second-order valence-electron chi connectivity index (χ2n) is 1.11. The van der Waals surface area contributed by atoms with Gasteiger partial charge in [0.25, 0.3) is 0 Å². The molecule has 0 amide bonds. The van der Waals surface area contributed by atoms with Crippen LogP contribution >= 0.6 is 15.9 Å². The van der Waals surface area contributed by atoms with E-state index in [2.05, 4.69) is 27.8 Å². The summed E-state index contributed by atoms with van der Waals surface area (Å²) in [5, 5.41) is 10.2. The number of carboxylic acids is 1. The standard InChI is InChI=1S/C6H5BrO2.Na/c7-5-3-1-2-4-6(8)9;/h2,4H,5H2,(H,8,9);/q;+1/p-1. The molecule has 4 heteroatoms. The van der Waals surface area contributed by atoms with Crippen molar-refractivity contribution in [1.29, 1.82) is 0 Å². The number of hydrogen-bond donors (Lipinski definition) is 0. The SMILES string of the molecule is O=C([O-])C=CC#CCBr.[Na+]. The van der Waals surface area contributed by atoms with Crippen LogP contribution in [0.25, 0.3) is 0 Å². The largest absolute Gasteiger partial charge is 1.00 e. The molecule has 0 radical (unpaired) electrons. The van der Waals surface area contributed by atoms with Gasteiger partial charge in [-0.1, -0.05) is 27.8 Å². The van der Waals surface area contributed by atoms with Gasteiger partial charge in [-0.05, 0) is 12.2 Å². The van der Waals surface area contributed by atoms with Gasteiger partial charge in [0.05, 0.1) is 11.3 Å². The summed E-state index contributed by atoms with van der Waals surface area (Å²) < 4.78 is 0. The summed E-state index contributed by atoms with van der Waals surface area (Å²) in [4.78, 5) is 9.69. The molecule has 0 aromatic heterocycles. The van der Waals surface area contributed by atoms with Crippen LogP contribution in [0.1, 0.15) is 0 Å². The van der Waals surface area contributed by atoms with Crippen molar-refractivity contribution in [3.8, 4) is 11.8 Å². The first-order chi connectivity index (χ1) is 4.27. The molecule has 0 heterocycles. The maximum absolute atomic E-state index is 9.69. The van der Waals surface area contributed by atoms with Crippen molar-refractivity contribution in [3.63, 3.8) is 0 Å². The normalized spacial score (nSPS) is 7.70. The molecule has 0 aromatic carbocycles. The molecule has 0 N–H and O–H groups in total. The van der Waals surface area contributed by atoms with E-state index in [1.54, 1.807) is 0 Å². The van der Waals surface area contributed by atoms with E-state index in [0.717, 1.165) is 6.08 Å². The van der Waals surface area contributed by atoms with Crippen LogP contribution < -0.4 is 34.7 Å².